The molecule has 0 bridgehead atoms. The van der Waals surface area contributed by atoms with Gasteiger partial charge in [-0.1, -0.05) is 24.3 Å². The first-order chi connectivity index (χ1) is 11.7. The predicted octanol–water partition coefficient (Wildman–Crippen LogP) is 3.44. The highest BCUT2D eigenvalue weighted by molar-refractivity contribution is 5.96. The van der Waals surface area contributed by atoms with E-state index in [0.717, 1.165) is 16.7 Å². The molecule has 0 fully saturated rings. The first-order valence-electron chi connectivity index (χ1n) is 7.64. The molecule has 1 aromatic carbocycles. The van der Waals surface area contributed by atoms with Crippen LogP contribution in [0.2, 0.25) is 0 Å². The molecule has 0 radical (unpaired) electrons. The van der Waals surface area contributed by atoms with Crippen LogP contribution in [0.25, 0.3) is 11.1 Å². The first kappa shape index (κ1) is 14.5. The molecule has 1 aliphatic heterocycles. The second kappa shape index (κ2) is 5.85. The van der Waals surface area contributed by atoms with Crippen LogP contribution in [0.5, 0.6) is 0 Å². The Morgan fingerprint density at radius 2 is 1.96 bits per heavy atom. The highest BCUT2D eigenvalue weighted by Crippen LogP contribution is 2.25. The summed E-state index contributed by atoms with van der Waals surface area (Å²) in [7, 11) is 0. The van der Waals surface area contributed by atoms with Gasteiger partial charge in [-0.2, -0.15) is 0 Å². The Balaban J connectivity index is 1.57. The second-order valence-electron chi connectivity index (χ2n) is 5.72. The molecule has 118 valence electrons. The van der Waals surface area contributed by atoms with Crippen molar-refractivity contribution >= 4 is 5.91 Å². The highest BCUT2D eigenvalue weighted by atomic mass is 19.1. The number of rotatable bonds is 3. The lowest BCUT2D eigenvalue weighted by Crippen LogP contribution is -2.24. The molecule has 0 unspecified atom stereocenters. The maximum atomic E-state index is 14.5. The summed E-state index contributed by atoms with van der Waals surface area (Å²) in [5, 5.41) is 0. The molecule has 1 amide bonds. The Labute approximate surface area is 138 Å². The third-order valence-corrected chi connectivity index (χ3v) is 4.15. The van der Waals surface area contributed by atoms with Gasteiger partial charge in [-0.3, -0.25) is 14.8 Å². The SMILES string of the molecule is O=C1c2ncccc2CN1Cc1ccc(-c2cccnc2)cc1F. The molecule has 5 heteroatoms. The standard InChI is InChI=1S/C19H14FN3O/c20-17-9-13(14-3-1-7-21-10-14)5-6-15(17)11-23-12-16-4-2-8-22-18(16)19(23)24/h1-10H,11-12H2. The number of fused-ring (bicyclic) bond motifs is 1. The van der Waals surface area contributed by atoms with Gasteiger partial charge in [0.05, 0.1) is 0 Å². The molecule has 2 aromatic heterocycles. The fraction of sp³-hybridized carbons (Fsp3) is 0.105. The Bertz CT molecular complexity index is 911. The average Bonchev–Trinajstić information content (AvgIpc) is 2.94. The van der Waals surface area contributed by atoms with Crippen molar-refractivity contribution in [2.45, 2.75) is 13.1 Å². The number of hydrogen-bond donors (Lipinski definition) is 0. The Hall–Kier alpha value is -3.08. The van der Waals surface area contributed by atoms with Crippen molar-refractivity contribution in [1.29, 1.82) is 0 Å². The van der Waals surface area contributed by atoms with Crippen LogP contribution >= 0.6 is 0 Å². The maximum absolute atomic E-state index is 14.5. The quantitative estimate of drug-likeness (QED) is 0.743. The third kappa shape index (κ3) is 2.54. The highest BCUT2D eigenvalue weighted by Gasteiger charge is 2.28. The van der Waals surface area contributed by atoms with E-state index in [1.807, 2.05) is 24.3 Å². The van der Waals surface area contributed by atoms with Crippen molar-refractivity contribution in [2.24, 2.45) is 0 Å². The largest absolute Gasteiger partial charge is 0.328 e. The van der Waals surface area contributed by atoms with Crippen LogP contribution in [0.1, 0.15) is 21.6 Å². The Morgan fingerprint density at radius 3 is 2.71 bits per heavy atom. The molecule has 3 heterocycles. The van der Waals surface area contributed by atoms with E-state index in [4.69, 9.17) is 0 Å². The zero-order chi connectivity index (χ0) is 16.5. The molecule has 0 saturated heterocycles. The second-order valence-corrected chi connectivity index (χ2v) is 5.72. The number of halogens is 1. The van der Waals surface area contributed by atoms with Crippen molar-refractivity contribution in [3.8, 4) is 11.1 Å². The van der Waals surface area contributed by atoms with Gasteiger partial charge in [0.1, 0.15) is 11.5 Å². The predicted molar refractivity (Wildman–Crippen MR) is 87.4 cm³/mol. The Morgan fingerprint density at radius 1 is 1.08 bits per heavy atom. The summed E-state index contributed by atoms with van der Waals surface area (Å²) >= 11 is 0. The molecular weight excluding hydrogens is 305 g/mol. The first-order valence-corrected chi connectivity index (χ1v) is 7.64. The van der Waals surface area contributed by atoms with Gasteiger partial charge in [-0.05, 0) is 23.8 Å². The van der Waals surface area contributed by atoms with E-state index in [-0.39, 0.29) is 18.3 Å². The summed E-state index contributed by atoms with van der Waals surface area (Å²) in [5.41, 5.74) is 3.46. The molecule has 0 spiro atoms. The molecule has 3 aromatic rings. The van der Waals surface area contributed by atoms with Crippen molar-refractivity contribution in [2.75, 3.05) is 0 Å². The van der Waals surface area contributed by atoms with Gasteiger partial charge in [0.25, 0.3) is 5.91 Å². The number of carbonyl (C=O) groups is 1. The molecule has 24 heavy (non-hydrogen) atoms. The summed E-state index contributed by atoms with van der Waals surface area (Å²) in [5.74, 6) is -0.477. The van der Waals surface area contributed by atoms with E-state index in [9.17, 15) is 9.18 Å². The third-order valence-electron chi connectivity index (χ3n) is 4.15. The normalized spacial score (nSPS) is 13.2. The average molecular weight is 319 g/mol. The molecule has 0 N–H and O–H groups in total. The fourth-order valence-electron chi connectivity index (χ4n) is 2.91. The topological polar surface area (TPSA) is 46.1 Å². The van der Waals surface area contributed by atoms with Gasteiger partial charge < -0.3 is 4.90 Å². The summed E-state index contributed by atoms with van der Waals surface area (Å²) < 4.78 is 14.5. The lowest BCUT2D eigenvalue weighted by atomic mass is 10.0. The van der Waals surface area contributed by atoms with Crippen molar-refractivity contribution in [1.82, 2.24) is 14.9 Å². The zero-order valence-corrected chi connectivity index (χ0v) is 12.8. The van der Waals surface area contributed by atoms with E-state index in [1.54, 1.807) is 35.6 Å². The van der Waals surface area contributed by atoms with E-state index in [0.29, 0.717) is 17.8 Å². The summed E-state index contributed by atoms with van der Waals surface area (Å²) in [6.45, 7) is 0.695. The van der Waals surface area contributed by atoms with E-state index in [1.165, 1.54) is 6.07 Å². The lowest BCUT2D eigenvalue weighted by molar-refractivity contribution is 0.0761. The van der Waals surface area contributed by atoms with Gasteiger partial charge >= 0.3 is 0 Å². The lowest BCUT2D eigenvalue weighted by Gasteiger charge is -2.16. The minimum absolute atomic E-state index is 0.152. The van der Waals surface area contributed by atoms with Crippen LogP contribution in [-0.4, -0.2) is 20.8 Å². The van der Waals surface area contributed by atoms with Crippen LogP contribution in [0, 0.1) is 5.82 Å². The van der Waals surface area contributed by atoms with Crippen molar-refractivity contribution < 1.29 is 9.18 Å². The molecule has 4 nitrogen and oxygen atoms in total. The van der Waals surface area contributed by atoms with E-state index >= 15 is 0 Å². The van der Waals surface area contributed by atoms with Crippen LogP contribution in [0.15, 0.2) is 61.1 Å². The van der Waals surface area contributed by atoms with Crippen LogP contribution in [-0.2, 0) is 13.1 Å². The molecule has 0 aliphatic carbocycles. The summed E-state index contributed by atoms with van der Waals surface area (Å²) in [6.07, 6.45) is 4.98. The van der Waals surface area contributed by atoms with Gasteiger partial charge in [-0.25, -0.2) is 4.39 Å². The summed E-state index contributed by atoms with van der Waals surface area (Å²) in [4.78, 5) is 22.1. The number of benzene rings is 1. The number of hydrogen-bond acceptors (Lipinski definition) is 3. The van der Waals surface area contributed by atoms with Crippen LogP contribution < -0.4 is 0 Å². The minimum atomic E-state index is -0.326. The number of amides is 1. The monoisotopic (exact) mass is 319 g/mol. The number of pyridine rings is 2. The van der Waals surface area contributed by atoms with E-state index in [2.05, 4.69) is 9.97 Å². The van der Waals surface area contributed by atoms with Gasteiger partial charge in [0.2, 0.25) is 0 Å². The maximum Gasteiger partial charge on any atom is 0.273 e. The van der Waals surface area contributed by atoms with Crippen molar-refractivity contribution in [3.63, 3.8) is 0 Å². The smallest absolute Gasteiger partial charge is 0.273 e. The minimum Gasteiger partial charge on any atom is -0.328 e. The summed E-state index contributed by atoms with van der Waals surface area (Å²) in [6, 6.07) is 12.4. The van der Waals surface area contributed by atoms with Gasteiger partial charge in [-0.15, -0.1) is 0 Å². The molecule has 1 aliphatic rings. The van der Waals surface area contributed by atoms with Crippen LogP contribution in [0.3, 0.4) is 0 Å². The van der Waals surface area contributed by atoms with Crippen LogP contribution in [0.4, 0.5) is 4.39 Å². The Kier molecular flexibility index (Phi) is 3.54. The molecular formula is C19H14FN3O. The van der Waals surface area contributed by atoms with Gasteiger partial charge in [0.15, 0.2) is 0 Å². The van der Waals surface area contributed by atoms with Crippen molar-refractivity contribution in [3.05, 3.63) is 83.7 Å². The fourth-order valence-corrected chi connectivity index (χ4v) is 2.91. The number of aromatic nitrogens is 2. The molecule has 4 rings (SSSR count). The van der Waals surface area contributed by atoms with Gasteiger partial charge in [0, 0.05) is 48.4 Å². The molecule has 0 saturated carbocycles. The van der Waals surface area contributed by atoms with E-state index < -0.39 is 0 Å². The zero-order valence-electron chi connectivity index (χ0n) is 12.8. The molecule has 0 atom stereocenters. The number of nitrogens with zero attached hydrogens (tertiary/aromatic N) is 3. The number of carbonyl (C=O) groups excluding carboxylic acids is 1.